The van der Waals surface area contributed by atoms with E-state index >= 15 is 0 Å². The van der Waals surface area contributed by atoms with E-state index in [0.29, 0.717) is 7.92 Å². The molecule has 1 unspecified atom stereocenters. The standard InChI is InChI=1S/C9H18P.Li/c1-10(2)8-7-9-5-3-4-6-9;/h3,9H,4-8H2,1-2H3;/q-1;+1. The summed E-state index contributed by atoms with van der Waals surface area (Å²) < 4.78 is 0. The van der Waals surface area contributed by atoms with Crippen molar-refractivity contribution in [2.24, 2.45) is 5.92 Å². The molecule has 1 aliphatic carbocycles. The van der Waals surface area contributed by atoms with Crippen LogP contribution in [0.3, 0.4) is 0 Å². The maximum atomic E-state index is 2.46. The van der Waals surface area contributed by atoms with Crippen molar-refractivity contribution in [2.45, 2.75) is 25.7 Å². The summed E-state index contributed by atoms with van der Waals surface area (Å²) in [6, 6.07) is 0. The van der Waals surface area contributed by atoms with Gasteiger partial charge in [-0.05, 0) is 25.9 Å². The molecule has 1 aliphatic rings. The second-order valence-corrected chi connectivity index (χ2v) is 6.17. The summed E-state index contributed by atoms with van der Waals surface area (Å²) in [6.45, 7) is 4.77. The third-order valence-electron chi connectivity index (χ3n) is 2.26. The minimum absolute atomic E-state index is 0. The molecule has 0 nitrogen and oxygen atoms in total. The molecular weight excluding hydrogens is 146 g/mol. The third kappa shape index (κ3) is 5.30. The Morgan fingerprint density at radius 1 is 1.45 bits per heavy atom. The van der Waals surface area contributed by atoms with Gasteiger partial charge in [-0.15, -0.1) is 7.92 Å². The SMILES string of the molecule is CP(C)CCC1C[CH-]CC1.[Li+]. The van der Waals surface area contributed by atoms with Gasteiger partial charge in [-0.25, -0.2) is 0 Å². The van der Waals surface area contributed by atoms with Crippen molar-refractivity contribution in [1.82, 2.24) is 0 Å². The van der Waals surface area contributed by atoms with Gasteiger partial charge >= 0.3 is 18.9 Å². The molecule has 60 valence electrons. The Morgan fingerprint density at radius 3 is 2.64 bits per heavy atom. The molecule has 11 heavy (non-hydrogen) atoms. The average Bonchev–Trinajstić information content (AvgIpc) is 2.34. The average molecular weight is 164 g/mol. The van der Waals surface area contributed by atoms with Gasteiger partial charge in [-0.3, -0.25) is 0 Å². The van der Waals surface area contributed by atoms with Gasteiger partial charge in [0.25, 0.3) is 0 Å². The molecule has 0 aromatic rings. The van der Waals surface area contributed by atoms with E-state index in [4.69, 9.17) is 0 Å². The molecule has 0 aromatic heterocycles. The number of rotatable bonds is 3. The van der Waals surface area contributed by atoms with Gasteiger partial charge in [-0.2, -0.15) is 12.8 Å². The zero-order valence-corrected chi connectivity index (χ0v) is 9.03. The second-order valence-electron chi connectivity index (χ2n) is 3.56. The number of hydrogen-bond acceptors (Lipinski definition) is 0. The first-order chi connectivity index (χ1) is 4.79. The minimum atomic E-state index is 0. The van der Waals surface area contributed by atoms with E-state index in [1.165, 1.54) is 31.8 Å². The van der Waals surface area contributed by atoms with Crippen LogP contribution >= 0.6 is 7.92 Å². The van der Waals surface area contributed by atoms with E-state index < -0.39 is 0 Å². The van der Waals surface area contributed by atoms with Gasteiger partial charge < -0.3 is 6.42 Å². The fourth-order valence-electron chi connectivity index (χ4n) is 1.53. The molecule has 2 heteroatoms. The van der Waals surface area contributed by atoms with Crippen LogP contribution in [0.2, 0.25) is 0 Å². The first-order valence-corrected chi connectivity index (χ1v) is 6.67. The molecule has 0 saturated heterocycles. The van der Waals surface area contributed by atoms with Gasteiger partial charge in [0.2, 0.25) is 0 Å². The molecule has 0 aliphatic heterocycles. The quantitative estimate of drug-likeness (QED) is 0.316. The summed E-state index contributed by atoms with van der Waals surface area (Å²) in [5, 5.41) is 0. The summed E-state index contributed by atoms with van der Waals surface area (Å²) in [5.41, 5.74) is 0. The molecule has 1 fully saturated rings. The molecule has 1 atom stereocenters. The molecule has 1 rings (SSSR count). The largest absolute Gasteiger partial charge is 1.00 e. The van der Waals surface area contributed by atoms with Crippen LogP contribution in [-0.2, 0) is 0 Å². The van der Waals surface area contributed by atoms with Crippen molar-refractivity contribution in [2.75, 3.05) is 19.5 Å². The smallest absolute Gasteiger partial charge is 0.328 e. The van der Waals surface area contributed by atoms with E-state index in [1.807, 2.05) is 0 Å². The maximum absolute atomic E-state index is 2.46. The summed E-state index contributed by atoms with van der Waals surface area (Å²) in [5.74, 6) is 1.06. The molecule has 0 spiro atoms. The van der Waals surface area contributed by atoms with Gasteiger partial charge in [-0.1, -0.05) is 12.3 Å². The molecule has 0 N–H and O–H groups in total. The van der Waals surface area contributed by atoms with E-state index in [2.05, 4.69) is 19.8 Å². The fourth-order valence-corrected chi connectivity index (χ4v) is 2.41. The zero-order valence-electron chi connectivity index (χ0n) is 8.14. The van der Waals surface area contributed by atoms with E-state index in [-0.39, 0.29) is 18.9 Å². The zero-order chi connectivity index (χ0) is 7.40. The van der Waals surface area contributed by atoms with Crippen LogP contribution in [-0.4, -0.2) is 19.5 Å². The Kier molecular flexibility index (Phi) is 7.14. The molecule has 0 bridgehead atoms. The van der Waals surface area contributed by atoms with Crippen molar-refractivity contribution in [1.29, 1.82) is 0 Å². The van der Waals surface area contributed by atoms with Crippen molar-refractivity contribution < 1.29 is 18.9 Å². The Balaban J connectivity index is 0.000001000. The maximum Gasteiger partial charge on any atom is 1.00 e. The predicted molar refractivity (Wildman–Crippen MR) is 49.9 cm³/mol. The molecule has 0 aromatic carbocycles. The number of hydrogen-bond donors (Lipinski definition) is 0. The summed E-state index contributed by atoms with van der Waals surface area (Å²) in [4.78, 5) is 0. The molecule has 1 saturated carbocycles. The first kappa shape index (κ1) is 12.0. The van der Waals surface area contributed by atoms with Gasteiger partial charge in [0, 0.05) is 0 Å². The van der Waals surface area contributed by atoms with Crippen LogP contribution < -0.4 is 18.9 Å². The van der Waals surface area contributed by atoms with Gasteiger partial charge in [0.15, 0.2) is 0 Å². The van der Waals surface area contributed by atoms with Gasteiger partial charge in [0.05, 0.1) is 0 Å². The van der Waals surface area contributed by atoms with Crippen LogP contribution in [0.5, 0.6) is 0 Å². The van der Waals surface area contributed by atoms with Crippen molar-refractivity contribution in [3.63, 3.8) is 0 Å². The Bertz CT molecular complexity index is 87.6. The molecule has 0 amide bonds. The summed E-state index contributed by atoms with van der Waals surface area (Å²) in [7, 11) is 0.369. The Morgan fingerprint density at radius 2 is 2.18 bits per heavy atom. The minimum Gasteiger partial charge on any atom is -0.328 e. The summed E-state index contributed by atoms with van der Waals surface area (Å²) >= 11 is 0. The molecular formula is C9H18LiP. The van der Waals surface area contributed by atoms with Crippen molar-refractivity contribution in [3.05, 3.63) is 6.42 Å². The summed E-state index contributed by atoms with van der Waals surface area (Å²) in [6.07, 6.45) is 9.71. The van der Waals surface area contributed by atoms with Crippen LogP contribution in [0, 0.1) is 12.3 Å². The van der Waals surface area contributed by atoms with Crippen LogP contribution in [0.4, 0.5) is 0 Å². The third-order valence-corrected chi connectivity index (χ3v) is 3.42. The molecule has 0 heterocycles. The van der Waals surface area contributed by atoms with E-state index in [1.54, 1.807) is 0 Å². The van der Waals surface area contributed by atoms with Crippen molar-refractivity contribution in [3.8, 4) is 0 Å². The normalized spacial score (nSPS) is 23.7. The second kappa shape index (κ2) is 6.53. The topological polar surface area (TPSA) is 0 Å². The first-order valence-electron chi connectivity index (χ1n) is 4.25. The van der Waals surface area contributed by atoms with E-state index in [0.717, 1.165) is 5.92 Å². The van der Waals surface area contributed by atoms with Crippen LogP contribution in [0.25, 0.3) is 0 Å². The molecule has 0 radical (unpaired) electrons. The Labute approximate surface area is 84.5 Å². The van der Waals surface area contributed by atoms with Crippen molar-refractivity contribution >= 4 is 7.92 Å². The van der Waals surface area contributed by atoms with Crippen LogP contribution in [0.1, 0.15) is 25.7 Å². The monoisotopic (exact) mass is 164 g/mol. The van der Waals surface area contributed by atoms with Gasteiger partial charge in [0.1, 0.15) is 0 Å². The Hall–Kier alpha value is 1.03. The fraction of sp³-hybridized carbons (Fsp3) is 0.889. The predicted octanol–water partition coefficient (Wildman–Crippen LogP) is 0.126. The van der Waals surface area contributed by atoms with Crippen LogP contribution in [0.15, 0.2) is 0 Å². The van der Waals surface area contributed by atoms with E-state index in [9.17, 15) is 0 Å².